The molecule has 0 aliphatic carbocycles. The SMILES string of the molecule is COc1ccc2c(-c3cc(C)cc(C)c3)cc(=O)oc2c1. The van der Waals surface area contributed by atoms with Crippen molar-refractivity contribution in [1.29, 1.82) is 0 Å². The Bertz CT molecular complexity index is 855. The minimum Gasteiger partial charge on any atom is -0.497 e. The maximum absolute atomic E-state index is 11.8. The smallest absolute Gasteiger partial charge is 0.336 e. The zero-order valence-corrected chi connectivity index (χ0v) is 12.3. The number of benzene rings is 2. The quantitative estimate of drug-likeness (QED) is 0.664. The van der Waals surface area contributed by atoms with Gasteiger partial charge in [0.05, 0.1) is 7.11 Å². The molecule has 21 heavy (non-hydrogen) atoms. The van der Waals surface area contributed by atoms with Gasteiger partial charge in [0.2, 0.25) is 0 Å². The fourth-order valence-electron chi connectivity index (χ4n) is 2.64. The van der Waals surface area contributed by atoms with E-state index in [1.807, 2.05) is 26.0 Å². The minimum atomic E-state index is -0.357. The molecule has 0 radical (unpaired) electrons. The Morgan fingerprint density at radius 2 is 1.67 bits per heavy atom. The van der Waals surface area contributed by atoms with Gasteiger partial charge >= 0.3 is 5.63 Å². The van der Waals surface area contributed by atoms with Crippen LogP contribution >= 0.6 is 0 Å². The van der Waals surface area contributed by atoms with Crippen LogP contribution in [0.3, 0.4) is 0 Å². The highest BCUT2D eigenvalue weighted by molar-refractivity contribution is 5.94. The number of fused-ring (bicyclic) bond motifs is 1. The molecule has 0 spiro atoms. The molecule has 1 heterocycles. The van der Waals surface area contributed by atoms with Crippen molar-refractivity contribution in [2.45, 2.75) is 13.8 Å². The lowest BCUT2D eigenvalue weighted by Gasteiger charge is -2.09. The van der Waals surface area contributed by atoms with Gasteiger partial charge in [-0.1, -0.05) is 29.3 Å². The third-order valence-electron chi connectivity index (χ3n) is 3.48. The van der Waals surface area contributed by atoms with Crippen molar-refractivity contribution >= 4 is 11.0 Å². The topological polar surface area (TPSA) is 39.4 Å². The average molecular weight is 280 g/mol. The zero-order chi connectivity index (χ0) is 15.0. The van der Waals surface area contributed by atoms with Crippen molar-refractivity contribution in [1.82, 2.24) is 0 Å². The molecule has 0 saturated heterocycles. The molecule has 0 bridgehead atoms. The number of aryl methyl sites for hydroxylation is 2. The average Bonchev–Trinajstić information content (AvgIpc) is 2.44. The monoisotopic (exact) mass is 280 g/mol. The highest BCUT2D eigenvalue weighted by Gasteiger charge is 2.09. The van der Waals surface area contributed by atoms with Gasteiger partial charge in [0, 0.05) is 17.5 Å². The first-order chi connectivity index (χ1) is 10.1. The summed E-state index contributed by atoms with van der Waals surface area (Å²) in [6.45, 7) is 4.10. The Labute approximate surface area is 122 Å². The van der Waals surface area contributed by atoms with Gasteiger partial charge in [0.15, 0.2) is 0 Å². The van der Waals surface area contributed by atoms with Crippen LogP contribution in [0.1, 0.15) is 11.1 Å². The van der Waals surface area contributed by atoms with Gasteiger partial charge in [-0.3, -0.25) is 0 Å². The van der Waals surface area contributed by atoms with Crippen molar-refractivity contribution in [3.05, 3.63) is 64.0 Å². The Hall–Kier alpha value is -2.55. The summed E-state index contributed by atoms with van der Waals surface area (Å²) in [4.78, 5) is 11.8. The van der Waals surface area contributed by atoms with E-state index in [-0.39, 0.29) is 5.63 Å². The molecule has 2 aromatic carbocycles. The van der Waals surface area contributed by atoms with E-state index in [9.17, 15) is 4.79 Å². The summed E-state index contributed by atoms with van der Waals surface area (Å²) in [6.07, 6.45) is 0. The van der Waals surface area contributed by atoms with Crippen molar-refractivity contribution in [3.63, 3.8) is 0 Å². The van der Waals surface area contributed by atoms with Crippen molar-refractivity contribution in [2.75, 3.05) is 7.11 Å². The molecule has 3 heteroatoms. The van der Waals surface area contributed by atoms with Crippen LogP contribution in [-0.4, -0.2) is 7.11 Å². The standard InChI is InChI=1S/C18H16O3/c1-11-6-12(2)8-13(7-11)16-10-18(19)21-17-9-14(20-3)4-5-15(16)17/h4-10H,1-3H3. The molecular formula is C18H16O3. The Kier molecular flexibility index (Phi) is 3.26. The molecule has 0 atom stereocenters. The van der Waals surface area contributed by atoms with Crippen molar-refractivity contribution < 1.29 is 9.15 Å². The second-order valence-corrected chi connectivity index (χ2v) is 5.22. The molecule has 0 N–H and O–H groups in total. The lowest BCUT2D eigenvalue weighted by molar-refractivity contribution is 0.414. The molecule has 0 unspecified atom stereocenters. The van der Waals surface area contributed by atoms with Gasteiger partial charge < -0.3 is 9.15 Å². The maximum atomic E-state index is 11.8. The highest BCUT2D eigenvalue weighted by atomic mass is 16.5. The van der Waals surface area contributed by atoms with Gasteiger partial charge in [-0.25, -0.2) is 4.79 Å². The van der Waals surface area contributed by atoms with E-state index in [1.54, 1.807) is 19.2 Å². The predicted octanol–water partition coefficient (Wildman–Crippen LogP) is 4.09. The number of hydrogen-bond donors (Lipinski definition) is 0. The predicted molar refractivity (Wildman–Crippen MR) is 83.9 cm³/mol. The molecule has 0 amide bonds. The number of rotatable bonds is 2. The van der Waals surface area contributed by atoms with Crippen molar-refractivity contribution in [3.8, 4) is 16.9 Å². The van der Waals surface area contributed by atoms with Crippen LogP contribution in [-0.2, 0) is 0 Å². The van der Waals surface area contributed by atoms with E-state index in [1.165, 1.54) is 11.1 Å². The molecule has 106 valence electrons. The second kappa shape index (κ2) is 5.09. The largest absolute Gasteiger partial charge is 0.497 e. The summed E-state index contributed by atoms with van der Waals surface area (Å²) in [6, 6.07) is 13.3. The first kappa shape index (κ1) is 13.4. The highest BCUT2D eigenvalue weighted by Crippen LogP contribution is 2.30. The summed E-state index contributed by atoms with van der Waals surface area (Å²) in [5.41, 5.74) is 4.42. The molecule has 1 aromatic heterocycles. The molecule has 3 nitrogen and oxygen atoms in total. The summed E-state index contributed by atoms with van der Waals surface area (Å²) in [7, 11) is 1.59. The zero-order valence-electron chi connectivity index (χ0n) is 12.3. The maximum Gasteiger partial charge on any atom is 0.336 e. The lowest BCUT2D eigenvalue weighted by Crippen LogP contribution is -1.98. The van der Waals surface area contributed by atoms with Crippen molar-refractivity contribution in [2.24, 2.45) is 0 Å². The molecule has 0 aliphatic rings. The Balaban J connectivity index is 2.33. The van der Waals surface area contributed by atoms with Gasteiger partial charge in [0.1, 0.15) is 11.3 Å². The van der Waals surface area contributed by atoms with Gasteiger partial charge in [-0.2, -0.15) is 0 Å². The van der Waals surface area contributed by atoms with E-state index in [0.717, 1.165) is 16.5 Å². The van der Waals surface area contributed by atoms with Crippen LogP contribution in [0, 0.1) is 13.8 Å². The number of methoxy groups -OCH3 is 1. The molecule has 0 aliphatic heterocycles. The Morgan fingerprint density at radius 1 is 0.952 bits per heavy atom. The Morgan fingerprint density at radius 3 is 2.33 bits per heavy atom. The fourth-order valence-corrected chi connectivity index (χ4v) is 2.64. The molecule has 0 fully saturated rings. The van der Waals surface area contributed by atoms with Gasteiger partial charge in [-0.05, 0) is 37.1 Å². The first-order valence-electron chi connectivity index (χ1n) is 6.77. The summed E-state index contributed by atoms with van der Waals surface area (Å²) < 4.78 is 10.5. The normalized spacial score (nSPS) is 10.8. The van der Waals surface area contributed by atoms with E-state index < -0.39 is 0 Å². The molecule has 3 aromatic rings. The van der Waals surface area contributed by atoms with Crippen LogP contribution in [0.2, 0.25) is 0 Å². The fraction of sp³-hybridized carbons (Fsp3) is 0.167. The van der Waals surface area contributed by atoms with Gasteiger partial charge in [-0.15, -0.1) is 0 Å². The third kappa shape index (κ3) is 2.55. The van der Waals surface area contributed by atoms with Crippen LogP contribution in [0.4, 0.5) is 0 Å². The van der Waals surface area contributed by atoms with E-state index >= 15 is 0 Å². The number of hydrogen-bond acceptors (Lipinski definition) is 3. The van der Waals surface area contributed by atoms with E-state index in [4.69, 9.17) is 9.15 Å². The number of ether oxygens (including phenoxy) is 1. The molecule has 3 rings (SSSR count). The van der Waals surface area contributed by atoms with E-state index in [2.05, 4.69) is 18.2 Å². The summed E-state index contributed by atoms with van der Waals surface area (Å²) in [5.74, 6) is 0.670. The molecular weight excluding hydrogens is 264 g/mol. The minimum absolute atomic E-state index is 0.357. The van der Waals surface area contributed by atoms with Crippen LogP contribution < -0.4 is 10.4 Å². The second-order valence-electron chi connectivity index (χ2n) is 5.22. The van der Waals surface area contributed by atoms with Crippen LogP contribution in [0.15, 0.2) is 51.7 Å². The summed E-state index contributed by atoms with van der Waals surface area (Å²) >= 11 is 0. The van der Waals surface area contributed by atoms with Crippen LogP contribution in [0.25, 0.3) is 22.1 Å². The van der Waals surface area contributed by atoms with E-state index in [0.29, 0.717) is 11.3 Å². The lowest BCUT2D eigenvalue weighted by atomic mass is 9.98. The summed E-state index contributed by atoms with van der Waals surface area (Å²) in [5, 5.41) is 0.903. The third-order valence-corrected chi connectivity index (χ3v) is 3.48. The van der Waals surface area contributed by atoms with Gasteiger partial charge in [0.25, 0.3) is 0 Å². The molecule has 0 saturated carbocycles. The first-order valence-corrected chi connectivity index (χ1v) is 6.77. The van der Waals surface area contributed by atoms with Crippen LogP contribution in [0.5, 0.6) is 5.75 Å².